The maximum Gasteiger partial charge on any atom is 0.573 e. The van der Waals surface area contributed by atoms with Crippen LogP contribution >= 0.6 is 0 Å². The third-order valence-electron chi connectivity index (χ3n) is 7.62. The lowest BCUT2D eigenvalue weighted by atomic mass is 10.0. The summed E-state index contributed by atoms with van der Waals surface area (Å²) in [6.45, 7) is 2.76. The van der Waals surface area contributed by atoms with Gasteiger partial charge in [0.25, 0.3) is 0 Å². The Balaban J connectivity index is 1.37. The summed E-state index contributed by atoms with van der Waals surface area (Å²) in [7, 11) is 3.65. The van der Waals surface area contributed by atoms with E-state index in [1.54, 1.807) is 13.2 Å². The molecule has 1 aromatic rings. The number of methoxy groups -OCH3 is 1. The van der Waals surface area contributed by atoms with Crippen molar-refractivity contribution < 1.29 is 32.2 Å². The first kappa shape index (κ1) is 26.7. The summed E-state index contributed by atoms with van der Waals surface area (Å²) < 4.78 is 47.1. The van der Waals surface area contributed by atoms with Gasteiger partial charge in [0, 0.05) is 51.8 Å². The minimum absolute atomic E-state index is 0.0276. The number of nitrogens with one attached hydrogen (secondary N) is 1. The van der Waals surface area contributed by atoms with E-state index in [1.807, 2.05) is 16.8 Å². The van der Waals surface area contributed by atoms with E-state index in [1.165, 1.54) is 18.2 Å². The largest absolute Gasteiger partial charge is 0.573 e. The van der Waals surface area contributed by atoms with E-state index in [9.17, 15) is 22.8 Å². The molecule has 0 bridgehead atoms. The first-order valence-corrected chi connectivity index (χ1v) is 12.5. The molecule has 8 nitrogen and oxygen atoms in total. The van der Waals surface area contributed by atoms with Crippen molar-refractivity contribution in [2.45, 2.75) is 69.2 Å². The van der Waals surface area contributed by atoms with Crippen molar-refractivity contribution >= 4 is 11.8 Å². The molecule has 3 heterocycles. The number of halogens is 3. The summed E-state index contributed by atoms with van der Waals surface area (Å²) in [6.07, 6.45) is -0.977. The number of likely N-dealkylation sites (tertiary alicyclic amines) is 2. The average molecular weight is 513 g/mol. The molecular formula is C25H35F3N4O4. The second kappa shape index (κ2) is 11.4. The SMILES string of the molecule is COC[C@H]1CCCN1C(=O)CC[C@H]1CNC(=O)[C@@H]2[C@@H](CCN2Cc2cccc(OC(F)(F)F)c2)N1C. The summed E-state index contributed by atoms with van der Waals surface area (Å²) >= 11 is 0. The van der Waals surface area contributed by atoms with Gasteiger partial charge in [-0.3, -0.25) is 19.4 Å². The molecule has 0 spiro atoms. The lowest BCUT2D eigenvalue weighted by Gasteiger charge is -2.33. The molecule has 4 rings (SSSR count). The molecule has 36 heavy (non-hydrogen) atoms. The lowest BCUT2D eigenvalue weighted by molar-refractivity contribution is -0.274. The molecule has 200 valence electrons. The number of amides is 2. The summed E-state index contributed by atoms with van der Waals surface area (Å²) in [5, 5.41) is 3.04. The van der Waals surface area contributed by atoms with Crippen molar-refractivity contribution in [1.29, 1.82) is 0 Å². The van der Waals surface area contributed by atoms with Crippen LogP contribution in [-0.2, 0) is 20.9 Å². The normalized spacial score (nSPS) is 27.6. The first-order valence-electron chi connectivity index (χ1n) is 12.5. The number of rotatable bonds is 8. The number of carbonyl (C=O) groups excluding carboxylic acids is 2. The molecule has 0 aromatic heterocycles. The molecular weight excluding hydrogens is 477 g/mol. The van der Waals surface area contributed by atoms with E-state index in [2.05, 4.69) is 15.0 Å². The average Bonchev–Trinajstić information content (AvgIpc) is 3.42. The van der Waals surface area contributed by atoms with E-state index >= 15 is 0 Å². The highest BCUT2D eigenvalue weighted by atomic mass is 19.4. The highest BCUT2D eigenvalue weighted by Crippen LogP contribution is 2.30. The standard InChI is InChI=1S/C25H35F3N4O4/c1-30-18(8-9-22(33)32-11-4-6-19(32)16-35-2)14-29-24(34)23-21(30)10-12-31(23)15-17-5-3-7-20(13-17)36-25(26,27)28/h3,5,7,13,18-19,21,23H,4,6,8-12,14-16H2,1-2H3,(H,29,34)/t18-,19+,21+,23-/m0/s1. The highest BCUT2D eigenvalue weighted by molar-refractivity contribution is 5.83. The maximum absolute atomic E-state index is 13.1. The Morgan fingerprint density at radius 2 is 2.00 bits per heavy atom. The number of nitrogens with zero attached hydrogens (tertiary/aromatic N) is 3. The minimum atomic E-state index is -4.75. The lowest BCUT2D eigenvalue weighted by Crippen LogP contribution is -2.49. The van der Waals surface area contributed by atoms with Gasteiger partial charge in [-0.25, -0.2) is 0 Å². The van der Waals surface area contributed by atoms with Gasteiger partial charge in [-0.15, -0.1) is 13.2 Å². The first-order chi connectivity index (χ1) is 17.2. The molecule has 3 saturated heterocycles. The number of likely N-dealkylation sites (N-methyl/N-ethyl adjacent to an activating group) is 1. The Labute approximate surface area is 209 Å². The van der Waals surface area contributed by atoms with E-state index < -0.39 is 12.4 Å². The molecule has 0 saturated carbocycles. The van der Waals surface area contributed by atoms with Crippen molar-refractivity contribution in [3.05, 3.63) is 29.8 Å². The fourth-order valence-electron chi connectivity index (χ4n) is 5.87. The summed E-state index contributed by atoms with van der Waals surface area (Å²) in [6, 6.07) is 5.61. The third kappa shape index (κ3) is 6.30. The summed E-state index contributed by atoms with van der Waals surface area (Å²) in [5.41, 5.74) is 0.649. The van der Waals surface area contributed by atoms with Crippen LogP contribution in [-0.4, -0.2) is 97.4 Å². The molecule has 4 atom stereocenters. The van der Waals surface area contributed by atoms with Crippen LogP contribution in [0.25, 0.3) is 0 Å². The summed E-state index contributed by atoms with van der Waals surface area (Å²) in [4.78, 5) is 32.1. The maximum atomic E-state index is 13.1. The van der Waals surface area contributed by atoms with Crippen molar-refractivity contribution in [2.75, 3.05) is 40.4 Å². The Kier molecular flexibility index (Phi) is 8.41. The van der Waals surface area contributed by atoms with Gasteiger partial charge in [-0.05, 0) is 50.4 Å². The Hall–Kier alpha value is -2.37. The van der Waals surface area contributed by atoms with Gasteiger partial charge in [0.15, 0.2) is 0 Å². The molecule has 3 aliphatic rings. The molecule has 11 heteroatoms. The Morgan fingerprint density at radius 1 is 1.19 bits per heavy atom. The minimum Gasteiger partial charge on any atom is -0.406 e. The van der Waals surface area contributed by atoms with Gasteiger partial charge in [0.2, 0.25) is 11.8 Å². The molecule has 2 amide bonds. The number of alkyl halides is 3. The Bertz CT molecular complexity index is 931. The number of carbonyl (C=O) groups is 2. The van der Waals surface area contributed by atoms with Gasteiger partial charge in [-0.1, -0.05) is 12.1 Å². The van der Waals surface area contributed by atoms with E-state index in [4.69, 9.17) is 4.74 Å². The number of fused-ring (bicyclic) bond motifs is 1. The molecule has 0 unspecified atom stereocenters. The summed E-state index contributed by atoms with van der Waals surface area (Å²) in [5.74, 6) is -0.224. The Morgan fingerprint density at radius 3 is 2.75 bits per heavy atom. The van der Waals surface area contributed by atoms with Crippen molar-refractivity contribution in [3.8, 4) is 5.75 Å². The quantitative estimate of drug-likeness (QED) is 0.577. The van der Waals surface area contributed by atoms with Gasteiger partial charge in [0.05, 0.1) is 12.6 Å². The monoisotopic (exact) mass is 512 g/mol. The van der Waals surface area contributed by atoms with Crippen LogP contribution in [0.5, 0.6) is 5.75 Å². The molecule has 0 radical (unpaired) electrons. The molecule has 3 aliphatic heterocycles. The highest BCUT2D eigenvalue weighted by Gasteiger charge is 2.45. The van der Waals surface area contributed by atoms with Crippen LogP contribution in [0, 0.1) is 0 Å². The molecule has 1 N–H and O–H groups in total. The van der Waals surface area contributed by atoms with Crippen molar-refractivity contribution in [3.63, 3.8) is 0 Å². The number of hydrogen-bond acceptors (Lipinski definition) is 6. The topological polar surface area (TPSA) is 74.3 Å². The molecule has 0 aliphatic carbocycles. The van der Waals surface area contributed by atoms with Crippen LogP contribution in [0.1, 0.15) is 37.7 Å². The van der Waals surface area contributed by atoms with Crippen LogP contribution in [0.2, 0.25) is 0 Å². The smallest absolute Gasteiger partial charge is 0.406 e. The fourth-order valence-corrected chi connectivity index (χ4v) is 5.87. The van der Waals surface area contributed by atoms with Crippen LogP contribution in [0.4, 0.5) is 13.2 Å². The number of ether oxygens (including phenoxy) is 2. The van der Waals surface area contributed by atoms with Gasteiger partial charge < -0.3 is 19.7 Å². The van der Waals surface area contributed by atoms with Crippen LogP contribution < -0.4 is 10.1 Å². The van der Waals surface area contributed by atoms with Crippen LogP contribution in [0.15, 0.2) is 24.3 Å². The van der Waals surface area contributed by atoms with E-state index in [0.717, 1.165) is 25.8 Å². The van der Waals surface area contributed by atoms with E-state index in [-0.39, 0.29) is 35.7 Å². The second-order valence-electron chi connectivity index (χ2n) is 9.91. The second-order valence-corrected chi connectivity index (χ2v) is 9.91. The number of hydrogen-bond donors (Lipinski definition) is 1. The predicted molar refractivity (Wildman–Crippen MR) is 126 cm³/mol. The zero-order valence-electron chi connectivity index (χ0n) is 20.8. The van der Waals surface area contributed by atoms with Gasteiger partial charge >= 0.3 is 6.36 Å². The molecule has 1 aromatic carbocycles. The van der Waals surface area contributed by atoms with E-state index in [0.29, 0.717) is 44.6 Å². The third-order valence-corrected chi connectivity index (χ3v) is 7.62. The number of benzene rings is 1. The van der Waals surface area contributed by atoms with Crippen molar-refractivity contribution in [1.82, 2.24) is 20.0 Å². The zero-order valence-corrected chi connectivity index (χ0v) is 20.8. The zero-order chi connectivity index (χ0) is 25.9. The van der Waals surface area contributed by atoms with Crippen LogP contribution in [0.3, 0.4) is 0 Å². The predicted octanol–water partition coefficient (Wildman–Crippen LogP) is 2.38. The van der Waals surface area contributed by atoms with Gasteiger partial charge in [-0.2, -0.15) is 0 Å². The molecule has 3 fully saturated rings. The van der Waals surface area contributed by atoms with Gasteiger partial charge in [0.1, 0.15) is 11.8 Å². The van der Waals surface area contributed by atoms with Crippen molar-refractivity contribution in [2.24, 2.45) is 0 Å². The fraction of sp³-hybridized carbons (Fsp3) is 0.680.